The summed E-state index contributed by atoms with van der Waals surface area (Å²) in [4.78, 5) is 11.7. The van der Waals surface area contributed by atoms with Crippen LogP contribution in [0.4, 0.5) is 0 Å². The highest BCUT2D eigenvalue weighted by Crippen LogP contribution is 2.35. The summed E-state index contributed by atoms with van der Waals surface area (Å²) in [5.74, 6) is -0.222. The van der Waals surface area contributed by atoms with Crippen molar-refractivity contribution in [2.24, 2.45) is 0 Å². The maximum atomic E-state index is 11.7. The first kappa shape index (κ1) is 11.7. The van der Waals surface area contributed by atoms with E-state index in [9.17, 15) is 4.79 Å². The topological polar surface area (TPSA) is 47.6 Å². The molecule has 1 N–H and O–H groups in total. The Morgan fingerprint density at radius 2 is 2.33 bits per heavy atom. The first-order valence-electron chi connectivity index (χ1n) is 6.41. The molecule has 0 aromatic heterocycles. The van der Waals surface area contributed by atoms with Crippen LogP contribution in [0.2, 0.25) is 0 Å². The summed E-state index contributed by atoms with van der Waals surface area (Å²) in [6.07, 6.45) is 1.07. The molecule has 0 amide bonds. The molecular weight excluding hydrogens is 230 g/mol. The Labute approximate surface area is 106 Å². The van der Waals surface area contributed by atoms with Gasteiger partial charge in [0.2, 0.25) is 0 Å². The molecule has 96 valence electrons. The quantitative estimate of drug-likeness (QED) is 0.798. The summed E-state index contributed by atoms with van der Waals surface area (Å²) in [7, 11) is 0. The van der Waals surface area contributed by atoms with Gasteiger partial charge in [-0.25, -0.2) is 0 Å². The zero-order chi connectivity index (χ0) is 12.5. The van der Waals surface area contributed by atoms with Crippen molar-refractivity contribution in [1.82, 2.24) is 5.32 Å². The summed E-state index contributed by atoms with van der Waals surface area (Å²) < 4.78 is 10.8. The Morgan fingerprint density at radius 3 is 3.17 bits per heavy atom. The average Bonchev–Trinajstić information content (AvgIpc) is 2.76. The number of benzene rings is 1. The van der Waals surface area contributed by atoms with Gasteiger partial charge in [-0.2, -0.15) is 0 Å². The van der Waals surface area contributed by atoms with Crippen molar-refractivity contribution in [1.29, 1.82) is 0 Å². The van der Waals surface area contributed by atoms with Crippen molar-refractivity contribution in [2.75, 3.05) is 13.2 Å². The van der Waals surface area contributed by atoms with E-state index in [2.05, 4.69) is 17.4 Å². The molecule has 0 unspecified atom stereocenters. The van der Waals surface area contributed by atoms with Crippen LogP contribution in [-0.2, 0) is 20.7 Å². The van der Waals surface area contributed by atoms with Crippen molar-refractivity contribution >= 4 is 5.97 Å². The van der Waals surface area contributed by atoms with Crippen LogP contribution in [0.5, 0.6) is 0 Å². The Balaban J connectivity index is 1.77. The number of carbonyl (C=O) groups is 1. The first-order valence-corrected chi connectivity index (χ1v) is 6.41. The molecule has 2 aliphatic rings. The van der Waals surface area contributed by atoms with Gasteiger partial charge in [0.1, 0.15) is 6.04 Å². The maximum Gasteiger partial charge on any atom is 0.325 e. The van der Waals surface area contributed by atoms with Crippen LogP contribution in [0.25, 0.3) is 0 Å². The minimum absolute atomic E-state index is 0.115. The lowest BCUT2D eigenvalue weighted by Gasteiger charge is -2.32. The Hall–Kier alpha value is -1.39. The number of nitrogens with one attached hydrogen (secondary N) is 1. The minimum atomic E-state index is -0.350. The lowest BCUT2D eigenvalue weighted by atomic mass is 10.1. The molecule has 0 bridgehead atoms. The fraction of sp³-hybridized carbons (Fsp3) is 0.500. The smallest absolute Gasteiger partial charge is 0.325 e. The maximum absolute atomic E-state index is 11.7. The third kappa shape index (κ3) is 1.91. The summed E-state index contributed by atoms with van der Waals surface area (Å²) in [5, 5.41) is 3.36. The van der Waals surface area contributed by atoms with Gasteiger partial charge in [0.05, 0.1) is 25.4 Å². The van der Waals surface area contributed by atoms with Crippen LogP contribution < -0.4 is 5.32 Å². The molecule has 3 rings (SSSR count). The summed E-state index contributed by atoms with van der Waals surface area (Å²) in [6, 6.07) is 8.05. The molecule has 1 aromatic rings. The monoisotopic (exact) mass is 247 g/mol. The van der Waals surface area contributed by atoms with Crippen LogP contribution in [0.15, 0.2) is 24.3 Å². The van der Waals surface area contributed by atoms with Gasteiger partial charge in [0.25, 0.3) is 0 Å². The van der Waals surface area contributed by atoms with Crippen LogP contribution in [0, 0.1) is 0 Å². The molecular formula is C14H17NO3. The molecule has 4 heteroatoms. The van der Waals surface area contributed by atoms with Gasteiger partial charge in [-0.1, -0.05) is 24.3 Å². The predicted octanol–water partition coefficient (Wildman–Crippen LogP) is 1.20. The minimum Gasteiger partial charge on any atom is -0.465 e. The zero-order valence-electron chi connectivity index (χ0n) is 10.4. The van der Waals surface area contributed by atoms with Crippen LogP contribution in [0.3, 0.4) is 0 Å². The second kappa shape index (κ2) is 4.71. The molecule has 4 nitrogen and oxygen atoms in total. The fourth-order valence-corrected chi connectivity index (χ4v) is 2.77. The van der Waals surface area contributed by atoms with E-state index in [-0.39, 0.29) is 24.2 Å². The average molecular weight is 247 g/mol. The van der Waals surface area contributed by atoms with Gasteiger partial charge in [-0.3, -0.25) is 10.1 Å². The van der Waals surface area contributed by atoms with Crippen molar-refractivity contribution in [2.45, 2.75) is 31.5 Å². The molecule has 1 saturated heterocycles. The largest absolute Gasteiger partial charge is 0.465 e. The second-order valence-corrected chi connectivity index (χ2v) is 4.72. The van der Waals surface area contributed by atoms with Crippen LogP contribution in [-0.4, -0.2) is 31.3 Å². The Bertz CT molecular complexity index is 460. The first-order chi connectivity index (χ1) is 8.79. The molecule has 1 fully saturated rings. The van der Waals surface area contributed by atoms with Crippen molar-refractivity contribution in [3.8, 4) is 0 Å². The third-order valence-corrected chi connectivity index (χ3v) is 3.61. The van der Waals surface area contributed by atoms with Crippen LogP contribution in [0.1, 0.15) is 24.1 Å². The lowest BCUT2D eigenvalue weighted by molar-refractivity contribution is -0.151. The summed E-state index contributed by atoms with van der Waals surface area (Å²) >= 11 is 0. The standard InChI is InChI=1S/C14H17NO3/c1-2-17-14(16)11-8-18-12-7-9-5-3-4-6-10(9)13(12)15-11/h3-6,11-13,15H,2,7-8H2,1H3/t11-,12+,13-/m1/s1. The molecule has 0 spiro atoms. The highest BCUT2D eigenvalue weighted by Gasteiger charge is 2.40. The number of ether oxygens (including phenoxy) is 2. The Morgan fingerprint density at radius 1 is 1.50 bits per heavy atom. The highest BCUT2D eigenvalue weighted by molar-refractivity contribution is 5.76. The highest BCUT2D eigenvalue weighted by atomic mass is 16.5. The van der Waals surface area contributed by atoms with Gasteiger partial charge >= 0.3 is 5.97 Å². The molecule has 0 radical (unpaired) electrons. The van der Waals surface area contributed by atoms with E-state index in [1.54, 1.807) is 0 Å². The van der Waals surface area contributed by atoms with Gasteiger partial charge in [0.15, 0.2) is 0 Å². The molecule has 18 heavy (non-hydrogen) atoms. The Kier molecular flexibility index (Phi) is 3.06. The van der Waals surface area contributed by atoms with E-state index in [1.807, 2.05) is 19.1 Å². The van der Waals surface area contributed by atoms with E-state index in [0.717, 1.165) is 6.42 Å². The molecule has 1 aliphatic carbocycles. The number of esters is 1. The van der Waals surface area contributed by atoms with Crippen molar-refractivity contribution in [3.63, 3.8) is 0 Å². The number of rotatable bonds is 2. The summed E-state index contributed by atoms with van der Waals surface area (Å²) in [6.45, 7) is 2.62. The fourth-order valence-electron chi connectivity index (χ4n) is 2.77. The molecule has 1 heterocycles. The molecule has 1 aromatic carbocycles. The predicted molar refractivity (Wildman–Crippen MR) is 66.2 cm³/mol. The van der Waals surface area contributed by atoms with Crippen LogP contribution >= 0.6 is 0 Å². The molecule has 3 atom stereocenters. The zero-order valence-corrected chi connectivity index (χ0v) is 10.4. The number of hydrogen-bond acceptors (Lipinski definition) is 4. The van der Waals surface area contributed by atoms with Gasteiger partial charge in [0, 0.05) is 6.42 Å². The normalized spacial score (nSPS) is 29.5. The van der Waals surface area contributed by atoms with Crippen molar-refractivity contribution in [3.05, 3.63) is 35.4 Å². The summed E-state index contributed by atoms with van der Waals surface area (Å²) in [5.41, 5.74) is 2.56. The van der Waals surface area contributed by atoms with E-state index >= 15 is 0 Å². The number of morpholine rings is 1. The second-order valence-electron chi connectivity index (χ2n) is 4.72. The van der Waals surface area contributed by atoms with Crippen molar-refractivity contribution < 1.29 is 14.3 Å². The third-order valence-electron chi connectivity index (χ3n) is 3.61. The molecule has 0 saturated carbocycles. The molecule has 1 aliphatic heterocycles. The SMILES string of the molecule is CCOC(=O)[C@H]1CO[C@H]2Cc3ccccc3[C@H]2N1. The van der Waals surface area contributed by atoms with Gasteiger partial charge in [-0.05, 0) is 18.1 Å². The number of hydrogen-bond donors (Lipinski definition) is 1. The van der Waals surface area contributed by atoms with E-state index in [0.29, 0.717) is 13.2 Å². The number of carbonyl (C=O) groups excluding carboxylic acids is 1. The van der Waals surface area contributed by atoms with E-state index in [4.69, 9.17) is 9.47 Å². The van der Waals surface area contributed by atoms with Gasteiger partial charge < -0.3 is 9.47 Å². The van der Waals surface area contributed by atoms with Gasteiger partial charge in [-0.15, -0.1) is 0 Å². The van der Waals surface area contributed by atoms with E-state index in [1.165, 1.54) is 11.1 Å². The van der Waals surface area contributed by atoms with E-state index < -0.39 is 0 Å². The number of fused-ring (bicyclic) bond motifs is 3. The lowest BCUT2D eigenvalue weighted by Crippen LogP contribution is -2.51.